The van der Waals surface area contributed by atoms with E-state index in [2.05, 4.69) is 10.2 Å². The Morgan fingerprint density at radius 2 is 2.12 bits per heavy atom. The number of ether oxygens (including phenoxy) is 1. The van der Waals surface area contributed by atoms with Gasteiger partial charge in [0, 0.05) is 49.5 Å². The highest BCUT2D eigenvalue weighted by atomic mass is 32.1. The molecule has 0 aliphatic carbocycles. The zero-order valence-electron chi connectivity index (χ0n) is 19.7. The van der Waals surface area contributed by atoms with Gasteiger partial charge in [0.15, 0.2) is 0 Å². The molecule has 0 bridgehead atoms. The molecule has 0 N–H and O–H groups in total. The molecule has 1 saturated heterocycles. The molecule has 1 fully saturated rings. The molecule has 32 heavy (non-hydrogen) atoms. The van der Waals surface area contributed by atoms with Crippen LogP contribution in [0.25, 0.3) is 11.5 Å². The van der Waals surface area contributed by atoms with Crippen LogP contribution in [0.1, 0.15) is 59.8 Å². The predicted molar refractivity (Wildman–Crippen MR) is 123 cm³/mol. The highest BCUT2D eigenvalue weighted by molar-refractivity contribution is 7.08. The van der Waals surface area contributed by atoms with Crippen LogP contribution in [-0.4, -0.2) is 63.3 Å². The van der Waals surface area contributed by atoms with Crippen LogP contribution in [0.2, 0.25) is 0 Å². The molecule has 3 heterocycles. The van der Waals surface area contributed by atoms with Gasteiger partial charge in [-0.15, -0.1) is 10.2 Å². The van der Waals surface area contributed by atoms with Crippen LogP contribution >= 0.6 is 11.3 Å². The average Bonchev–Trinajstić information content (AvgIpc) is 3.40. The summed E-state index contributed by atoms with van der Waals surface area (Å²) < 4.78 is 11.3. The van der Waals surface area contributed by atoms with Crippen molar-refractivity contribution in [1.82, 2.24) is 20.0 Å². The normalized spacial score (nSPS) is 16.9. The van der Waals surface area contributed by atoms with Crippen LogP contribution in [0.15, 0.2) is 21.2 Å². The van der Waals surface area contributed by atoms with E-state index >= 15 is 0 Å². The SMILES string of the molecule is CC(C)N(CC1CCCN(C(=O)CCc2nnc(-c3ccsc3)o2)C1)C(=O)OC(C)(C)C. The number of rotatable bonds is 7. The van der Waals surface area contributed by atoms with Gasteiger partial charge in [-0.25, -0.2) is 4.79 Å². The van der Waals surface area contributed by atoms with Crippen LogP contribution in [0.4, 0.5) is 4.79 Å². The Hall–Kier alpha value is -2.42. The van der Waals surface area contributed by atoms with Crippen LogP contribution in [-0.2, 0) is 16.0 Å². The number of carbonyl (C=O) groups excluding carboxylic acids is 2. The summed E-state index contributed by atoms with van der Waals surface area (Å²) in [5.74, 6) is 1.28. The zero-order chi connectivity index (χ0) is 23.3. The molecule has 8 nitrogen and oxygen atoms in total. The topological polar surface area (TPSA) is 88.8 Å². The van der Waals surface area contributed by atoms with Crippen molar-refractivity contribution in [3.63, 3.8) is 0 Å². The highest BCUT2D eigenvalue weighted by Gasteiger charge is 2.30. The Bertz CT molecular complexity index is 888. The second-order valence-corrected chi connectivity index (χ2v) is 10.4. The molecular formula is C23H34N4O4S. The summed E-state index contributed by atoms with van der Waals surface area (Å²) in [4.78, 5) is 29.1. The Morgan fingerprint density at radius 3 is 2.78 bits per heavy atom. The Kier molecular flexibility index (Phi) is 7.92. The molecule has 2 aromatic rings. The van der Waals surface area contributed by atoms with E-state index in [1.54, 1.807) is 16.2 Å². The summed E-state index contributed by atoms with van der Waals surface area (Å²) >= 11 is 1.57. The van der Waals surface area contributed by atoms with E-state index in [0.29, 0.717) is 37.7 Å². The third-order valence-electron chi connectivity index (χ3n) is 5.37. The number of thiophene rings is 1. The highest BCUT2D eigenvalue weighted by Crippen LogP contribution is 2.23. The van der Waals surface area contributed by atoms with E-state index < -0.39 is 5.60 Å². The Morgan fingerprint density at radius 1 is 1.34 bits per heavy atom. The minimum atomic E-state index is -0.531. The summed E-state index contributed by atoms with van der Waals surface area (Å²) in [6.45, 7) is 11.6. The maximum atomic E-state index is 12.8. The van der Waals surface area contributed by atoms with Crippen molar-refractivity contribution in [2.75, 3.05) is 19.6 Å². The summed E-state index contributed by atoms with van der Waals surface area (Å²) in [7, 11) is 0. The van der Waals surface area contributed by atoms with Crippen molar-refractivity contribution in [2.24, 2.45) is 5.92 Å². The predicted octanol–water partition coefficient (Wildman–Crippen LogP) is 4.61. The van der Waals surface area contributed by atoms with Crippen molar-refractivity contribution in [3.8, 4) is 11.5 Å². The van der Waals surface area contributed by atoms with Crippen molar-refractivity contribution >= 4 is 23.3 Å². The number of hydrogen-bond donors (Lipinski definition) is 0. The lowest BCUT2D eigenvalue weighted by Crippen LogP contribution is -2.48. The number of carbonyl (C=O) groups is 2. The molecule has 2 aromatic heterocycles. The maximum Gasteiger partial charge on any atom is 0.410 e. The quantitative estimate of drug-likeness (QED) is 0.597. The first-order valence-corrected chi connectivity index (χ1v) is 12.2. The summed E-state index contributed by atoms with van der Waals surface area (Å²) in [5.41, 5.74) is 0.371. The van der Waals surface area contributed by atoms with E-state index in [0.717, 1.165) is 24.9 Å². The lowest BCUT2D eigenvalue weighted by molar-refractivity contribution is -0.133. The minimum Gasteiger partial charge on any atom is -0.444 e. The van der Waals surface area contributed by atoms with Crippen LogP contribution in [0, 0.1) is 5.92 Å². The number of likely N-dealkylation sites (tertiary alicyclic amines) is 1. The minimum absolute atomic E-state index is 0.0332. The molecule has 0 aromatic carbocycles. The first kappa shape index (κ1) is 24.2. The van der Waals surface area contributed by atoms with Gasteiger partial charge in [-0.05, 0) is 64.8 Å². The number of aryl methyl sites for hydroxylation is 1. The van der Waals surface area contributed by atoms with Gasteiger partial charge >= 0.3 is 6.09 Å². The summed E-state index contributed by atoms with van der Waals surface area (Å²) in [5, 5.41) is 12.0. The second-order valence-electron chi connectivity index (χ2n) is 9.59. The molecule has 3 rings (SSSR count). The van der Waals surface area contributed by atoms with Gasteiger partial charge in [-0.1, -0.05) is 0 Å². The molecule has 0 spiro atoms. The smallest absolute Gasteiger partial charge is 0.410 e. The van der Waals surface area contributed by atoms with Crippen LogP contribution in [0.5, 0.6) is 0 Å². The molecule has 1 atom stereocenters. The number of piperidine rings is 1. The number of aromatic nitrogens is 2. The van der Waals surface area contributed by atoms with Gasteiger partial charge in [0.1, 0.15) is 5.60 Å². The van der Waals surface area contributed by atoms with Gasteiger partial charge in [0.25, 0.3) is 0 Å². The number of amides is 2. The first-order chi connectivity index (χ1) is 15.1. The molecule has 1 unspecified atom stereocenters. The van der Waals surface area contributed by atoms with E-state index in [1.807, 2.05) is 56.3 Å². The van der Waals surface area contributed by atoms with E-state index in [-0.39, 0.29) is 24.0 Å². The number of hydrogen-bond acceptors (Lipinski definition) is 7. The molecule has 1 aliphatic rings. The van der Waals surface area contributed by atoms with Crippen molar-refractivity contribution < 1.29 is 18.7 Å². The largest absolute Gasteiger partial charge is 0.444 e. The Balaban J connectivity index is 1.52. The molecule has 9 heteroatoms. The van der Waals surface area contributed by atoms with Gasteiger partial charge in [-0.3, -0.25) is 4.79 Å². The van der Waals surface area contributed by atoms with Gasteiger partial charge in [-0.2, -0.15) is 11.3 Å². The van der Waals surface area contributed by atoms with Gasteiger partial charge in [0.2, 0.25) is 17.7 Å². The fraction of sp³-hybridized carbons (Fsp3) is 0.652. The van der Waals surface area contributed by atoms with Crippen molar-refractivity contribution in [1.29, 1.82) is 0 Å². The van der Waals surface area contributed by atoms with Crippen molar-refractivity contribution in [2.45, 2.75) is 71.9 Å². The van der Waals surface area contributed by atoms with E-state index in [1.165, 1.54) is 0 Å². The van der Waals surface area contributed by atoms with E-state index in [4.69, 9.17) is 9.15 Å². The van der Waals surface area contributed by atoms with Crippen LogP contribution < -0.4 is 0 Å². The molecule has 2 amide bonds. The fourth-order valence-corrected chi connectivity index (χ4v) is 4.39. The summed E-state index contributed by atoms with van der Waals surface area (Å²) in [6.07, 6.45) is 2.38. The van der Waals surface area contributed by atoms with Crippen LogP contribution in [0.3, 0.4) is 0 Å². The average molecular weight is 463 g/mol. The number of nitrogens with zero attached hydrogens (tertiary/aromatic N) is 4. The Labute approximate surface area is 193 Å². The third-order valence-corrected chi connectivity index (χ3v) is 6.05. The standard InChI is InChI=1S/C23H34N4O4S/c1-16(2)27(22(29)31-23(3,4)5)14-17-7-6-11-26(13-17)20(28)9-8-19-24-25-21(30-19)18-10-12-32-15-18/h10,12,15-17H,6-9,11,13-14H2,1-5H3. The molecule has 1 aliphatic heterocycles. The third kappa shape index (κ3) is 6.79. The van der Waals surface area contributed by atoms with Crippen molar-refractivity contribution in [3.05, 3.63) is 22.7 Å². The van der Waals surface area contributed by atoms with E-state index in [9.17, 15) is 9.59 Å². The lowest BCUT2D eigenvalue weighted by atomic mass is 9.96. The molecule has 0 radical (unpaired) electrons. The summed E-state index contributed by atoms with van der Waals surface area (Å²) in [6, 6.07) is 1.96. The maximum absolute atomic E-state index is 12.8. The fourth-order valence-electron chi connectivity index (χ4n) is 3.76. The van der Waals surface area contributed by atoms with Gasteiger partial charge in [0.05, 0.1) is 0 Å². The lowest BCUT2D eigenvalue weighted by Gasteiger charge is -2.37. The first-order valence-electron chi connectivity index (χ1n) is 11.2. The zero-order valence-corrected chi connectivity index (χ0v) is 20.5. The molecule has 176 valence electrons. The monoisotopic (exact) mass is 462 g/mol. The van der Waals surface area contributed by atoms with Gasteiger partial charge < -0.3 is 19.0 Å². The molecule has 0 saturated carbocycles. The molecular weight excluding hydrogens is 428 g/mol. The second kappa shape index (κ2) is 10.5.